The first-order chi connectivity index (χ1) is 9.47. The third-order valence-electron chi connectivity index (χ3n) is 2.63. The molecule has 0 aliphatic heterocycles. The van der Waals surface area contributed by atoms with Crippen LogP contribution in [0, 0.1) is 10.1 Å². The molecule has 2 rings (SSSR count). The molecule has 1 N–H and O–H groups in total. The van der Waals surface area contributed by atoms with Crippen LogP contribution in [0.3, 0.4) is 0 Å². The van der Waals surface area contributed by atoms with Gasteiger partial charge in [-0.2, -0.15) is 0 Å². The highest BCUT2D eigenvalue weighted by molar-refractivity contribution is 6.31. The number of amides is 1. The average Bonchev–Trinajstić information content (AvgIpc) is 2.89. The van der Waals surface area contributed by atoms with Crippen LogP contribution in [0.1, 0.15) is 16.2 Å². The summed E-state index contributed by atoms with van der Waals surface area (Å²) in [5.41, 5.74) is -0.0505. The quantitative estimate of drug-likeness (QED) is 0.691. The molecule has 104 valence electrons. The maximum absolute atomic E-state index is 12.2. The van der Waals surface area contributed by atoms with Gasteiger partial charge in [0.1, 0.15) is 5.82 Å². The molecule has 0 bridgehead atoms. The number of aromatic amines is 1. The second-order valence-electron chi connectivity index (χ2n) is 4.15. The molecule has 0 spiro atoms. The summed E-state index contributed by atoms with van der Waals surface area (Å²) < 4.78 is 0. The van der Waals surface area contributed by atoms with Gasteiger partial charge in [0.2, 0.25) is 0 Å². The molecule has 0 saturated heterocycles. The first-order valence-corrected chi connectivity index (χ1v) is 6.04. The van der Waals surface area contributed by atoms with Crippen molar-refractivity contribution in [3.8, 4) is 0 Å². The predicted octanol–water partition coefficient (Wildman–Crippen LogP) is 2.24. The zero-order valence-corrected chi connectivity index (χ0v) is 11.3. The van der Waals surface area contributed by atoms with Crippen molar-refractivity contribution in [1.29, 1.82) is 0 Å². The Balaban J connectivity index is 2.22. The summed E-state index contributed by atoms with van der Waals surface area (Å²) in [6.07, 6.45) is 3.23. The zero-order valence-electron chi connectivity index (χ0n) is 10.5. The van der Waals surface area contributed by atoms with E-state index in [-0.39, 0.29) is 28.7 Å². The number of aromatic nitrogens is 2. The number of nitro groups is 1. The normalized spacial score (nSPS) is 10.3. The van der Waals surface area contributed by atoms with Gasteiger partial charge >= 0.3 is 0 Å². The number of non-ortho nitro benzene ring substituents is 1. The number of rotatable bonds is 4. The number of imidazole rings is 1. The summed E-state index contributed by atoms with van der Waals surface area (Å²) in [5.74, 6) is 0.254. The van der Waals surface area contributed by atoms with E-state index in [4.69, 9.17) is 11.6 Å². The van der Waals surface area contributed by atoms with Gasteiger partial charge in [0.25, 0.3) is 11.6 Å². The van der Waals surface area contributed by atoms with Crippen LogP contribution in [-0.4, -0.2) is 32.7 Å². The summed E-state index contributed by atoms with van der Waals surface area (Å²) in [7, 11) is 1.58. The minimum Gasteiger partial charge on any atom is -0.347 e. The van der Waals surface area contributed by atoms with E-state index in [1.807, 2.05) is 0 Å². The van der Waals surface area contributed by atoms with Crippen LogP contribution in [0.25, 0.3) is 0 Å². The van der Waals surface area contributed by atoms with Gasteiger partial charge in [0, 0.05) is 42.2 Å². The van der Waals surface area contributed by atoms with E-state index in [2.05, 4.69) is 9.97 Å². The van der Waals surface area contributed by atoms with Crippen molar-refractivity contribution in [3.63, 3.8) is 0 Å². The Labute approximate surface area is 119 Å². The van der Waals surface area contributed by atoms with Crippen LogP contribution < -0.4 is 0 Å². The highest BCUT2D eigenvalue weighted by Crippen LogP contribution is 2.22. The monoisotopic (exact) mass is 294 g/mol. The fourth-order valence-electron chi connectivity index (χ4n) is 1.70. The van der Waals surface area contributed by atoms with Crippen LogP contribution in [0.5, 0.6) is 0 Å². The van der Waals surface area contributed by atoms with Gasteiger partial charge < -0.3 is 9.88 Å². The number of benzene rings is 1. The summed E-state index contributed by atoms with van der Waals surface area (Å²) >= 11 is 5.79. The van der Waals surface area contributed by atoms with Crippen molar-refractivity contribution in [2.75, 3.05) is 7.05 Å². The van der Waals surface area contributed by atoms with Gasteiger partial charge in [-0.1, -0.05) is 11.6 Å². The molecule has 0 unspecified atom stereocenters. The Morgan fingerprint density at radius 1 is 1.50 bits per heavy atom. The Morgan fingerprint density at radius 2 is 2.25 bits per heavy atom. The highest BCUT2D eigenvalue weighted by atomic mass is 35.5. The van der Waals surface area contributed by atoms with Crippen molar-refractivity contribution in [2.45, 2.75) is 6.54 Å². The predicted molar refractivity (Wildman–Crippen MR) is 72.5 cm³/mol. The van der Waals surface area contributed by atoms with E-state index in [9.17, 15) is 14.9 Å². The van der Waals surface area contributed by atoms with E-state index in [1.54, 1.807) is 19.4 Å². The van der Waals surface area contributed by atoms with Gasteiger partial charge in [0.15, 0.2) is 0 Å². The molecule has 0 saturated carbocycles. The molecule has 0 atom stereocenters. The van der Waals surface area contributed by atoms with Gasteiger partial charge in [-0.25, -0.2) is 4.98 Å². The largest absolute Gasteiger partial charge is 0.347 e. The van der Waals surface area contributed by atoms with Crippen molar-refractivity contribution in [2.24, 2.45) is 0 Å². The molecule has 1 amide bonds. The molecule has 2 aromatic rings. The number of H-pyrrole nitrogens is 1. The molecule has 0 fully saturated rings. The molecule has 20 heavy (non-hydrogen) atoms. The summed E-state index contributed by atoms with van der Waals surface area (Å²) in [5, 5.41) is 10.9. The SMILES string of the molecule is CN(Cc1ncc[nH]1)C(=O)c1cc(Cl)cc([N+](=O)[O-])c1. The Kier molecular flexibility index (Phi) is 3.99. The van der Waals surface area contributed by atoms with Crippen molar-refractivity contribution in [1.82, 2.24) is 14.9 Å². The van der Waals surface area contributed by atoms with Gasteiger partial charge in [-0.3, -0.25) is 14.9 Å². The number of carbonyl (C=O) groups excluding carboxylic acids is 1. The smallest absolute Gasteiger partial charge is 0.271 e. The first-order valence-electron chi connectivity index (χ1n) is 5.66. The Hall–Kier alpha value is -2.41. The molecular formula is C12H11ClN4O3. The first kappa shape index (κ1) is 14.0. The number of hydrogen-bond donors (Lipinski definition) is 1. The van der Waals surface area contributed by atoms with E-state index in [0.717, 1.165) is 0 Å². The van der Waals surface area contributed by atoms with E-state index in [0.29, 0.717) is 5.82 Å². The Morgan fingerprint density at radius 3 is 2.85 bits per heavy atom. The lowest BCUT2D eigenvalue weighted by Crippen LogP contribution is -2.26. The van der Waals surface area contributed by atoms with E-state index in [1.165, 1.54) is 23.1 Å². The zero-order chi connectivity index (χ0) is 14.7. The number of nitrogens with zero attached hydrogens (tertiary/aromatic N) is 3. The number of nitro benzene ring substituents is 1. The Bertz CT molecular complexity index is 642. The van der Waals surface area contributed by atoms with Gasteiger partial charge in [0.05, 0.1) is 11.5 Å². The number of carbonyl (C=O) groups is 1. The van der Waals surface area contributed by atoms with Crippen LogP contribution in [0.2, 0.25) is 5.02 Å². The minimum atomic E-state index is -0.588. The second-order valence-corrected chi connectivity index (χ2v) is 4.59. The van der Waals surface area contributed by atoms with Crippen LogP contribution in [0.4, 0.5) is 5.69 Å². The maximum Gasteiger partial charge on any atom is 0.271 e. The van der Waals surface area contributed by atoms with E-state index < -0.39 is 4.92 Å². The van der Waals surface area contributed by atoms with Crippen molar-refractivity contribution < 1.29 is 9.72 Å². The lowest BCUT2D eigenvalue weighted by Gasteiger charge is -2.15. The standard InChI is InChI=1S/C12H11ClN4O3/c1-16(7-11-14-2-3-15-11)12(18)8-4-9(13)6-10(5-8)17(19)20/h2-6H,7H2,1H3,(H,14,15). The lowest BCUT2D eigenvalue weighted by atomic mass is 10.2. The molecular weight excluding hydrogens is 284 g/mol. The highest BCUT2D eigenvalue weighted by Gasteiger charge is 2.17. The summed E-state index contributed by atoms with van der Waals surface area (Å²) in [6, 6.07) is 3.80. The molecule has 1 aromatic carbocycles. The van der Waals surface area contributed by atoms with Gasteiger partial charge in [-0.05, 0) is 6.07 Å². The molecule has 0 aliphatic carbocycles. The van der Waals surface area contributed by atoms with Crippen molar-refractivity contribution >= 4 is 23.2 Å². The molecule has 0 aliphatic rings. The third-order valence-corrected chi connectivity index (χ3v) is 2.85. The molecule has 7 nitrogen and oxygen atoms in total. The van der Waals surface area contributed by atoms with Crippen LogP contribution in [0.15, 0.2) is 30.6 Å². The fourth-order valence-corrected chi connectivity index (χ4v) is 1.93. The van der Waals surface area contributed by atoms with E-state index >= 15 is 0 Å². The molecule has 8 heteroatoms. The topological polar surface area (TPSA) is 92.1 Å². The van der Waals surface area contributed by atoms with Gasteiger partial charge in [-0.15, -0.1) is 0 Å². The average molecular weight is 295 g/mol. The number of hydrogen-bond acceptors (Lipinski definition) is 4. The van der Waals surface area contributed by atoms with Crippen LogP contribution in [-0.2, 0) is 6.54 Å². The maximum atomic E-state index is 12.2. The second kappa shape index (κ2) is 5.70. The molecule has 0 radical (unpaired) electrons. The number of halogens is 1. The molecule has 1 aromatic heterocycles. The van der Waals surface area contributed by atoms with Crippen LogP contribution >= 0.6 is 11.6 Å². The summed E-state index contributed by atoms with van der Waals surface area (Å²) in [6.45, 7) is 0.270. The number of nitrogens with one attached hydrogen (secondary N) is 1. The third kappa shape index (κ3) is 3.12. The van der Waals surface area contributed by atoms with Crippen molar-refractivity contribution in [3.05, 3.63) is 57.1 Å². The lowest BCUT2D eigenvalue weighted by molar-refractivity contribution is -0.384. The fraction of sp³-hybridized carbons (Fsp3) is 0.167. The molecule has 1 heterocycles. The minimum absolute atomic E-state index is 0.147. The summed E-state index contributed by atoms with van der Waals surface area (Å²) in [4.78, 5) is 30.7.